The Labute approximate surface area is 140 Å². The van der Waals surface area contributed by atoms with Crippen molar-refractivity contribution in [3.8, 4) is 5.75 Å². The summed E-state index contributed by atoms with van der Waals surface area (Å²) in [7, 11) is -3.61. The number of hydrogen-bond acceptors (Lipinski definition) is 4. The zero-order chi connectivity index (χ0) is 16.7. The minimum Gasteiger partial charge on any atom is -0.489 e. The standard InChI is InChI=1S/C18H17NO4S/c20-18-14-6-2-4-8-17(14)24(21,22)19-15(18)10-12-9-13-5-1-3-7-16(13)23-11-12/h1-9,15,18-20H,10-11H2. The van der Waals surface area contributed by atoms with E-state index in [1.807, 2.05) is 30.3 Å². The maximum atomic E-state index is 12.4. The number of ether oxygens (including phenoxy) is 1. The van der Waals surface area contributed by atoms with Gasteiger partial charge in [0.25, 0.3) is 0 Å². The molecule has 5 nitrogen and oxygen atoms in total. The average Bonchev–Trinajstić information content (AvgIpc) is 2.59. The highest BCUT2D eigenvalue weighted by Crippen LogP contribution is 2.34. The zero-order valence-electron chi connectivity index (χ0n) is 12.8. The molecule has 0 saturated heterocycles. The summed E-state index contributed by atoms with van der Waals surface area (Å²) < 4.78 is 33.1. The van der Waals surface area contributed by atoms with Crippen molar-refractivity contribution in [1.82, 2.24) is 4.72 Å². The SMILES string of the molecule is O=S1(=O)NC(CC2=Cc3ccccc3OC2)C(O)c2ccccc21. The van der Waals surface area contributed by atoms with Gasteiger partial charge < -0.3 is 9.84 Å². The van der Waals surface area contributed by atoms with Gasteiger partial charge in [0, 0.05) is 11.1 Å². The maximum Gasteiger partial charge on any atom is 0.241 e. The molecule has 2 aromatic carbocycles. The molecular weight excluding hydrogens is 326 g/mol. The van der Waals surface area contributed by atoms with Crippen LogP contribution in [0.2, 0.25) is 0 Å². The van der Waals surface area contributed by atoms with Gasteiger partial charge >= 0.3 is 0 Å². The van der Waals surface area contributed by atoms with E-state index in [1.165, 1.54) is 6.07 Å². The van der Waals surface area contributed by atoms with Gasteiger partial charge in [0.15, 0.2) is 0 Å². The summed E-state index contributed by atoms with van der Waals surface area (Å²) in [5.41, 5.74) is 2.35. The number of nitrogens with one attached hydrogen (secondary N) is 1. The molecule has 6 heteroatoms. The Hall–Kier alpha value is -2.15. The number of fused-ring (bicyclic) bond motifs is 2. The lowest BCUT2D eigenvalue weighted by molar-refractivity contribution is 0.130. The molecule has 0 radical (unpaired) electrons. The van der Waals surface area contributed by atoms with Gasteiger partial charge in [0.2, 0.25) is 10.0 Å². The Morgan fingerprint density at radius 2 is 1.88 bits per heavy atom. The van der Waals surface area contributed by atoms with Crippen LogP contribution in [-0.4, -0.2) is 26.2 Å². The molecule has 0 saturated carbocycles. The summed E-state index contributed by atoms with van der Waals surface area (Å²) in [4.78, 5) is 0.146. The van der Waals surface area contributed by atoms with Gasteiger partial charge in [-0.15, -0.1) is 0 Å². The molecule has 24 heavy (non-hydrogen) atoms. The predicted octanol–water partition coefficient (Wildman–Crippen LogP) is 2.25. The van der Waals surface area contributed by atoms with Gasteiger partial charge in [-0.2, -0.15) is 0 Å². The van der Waals surface area contributed by atoms with Crippen LogP contribution in [0.3, 0.4) is 0 Å². The van der Waals surface area contributed by atoms with Gasteiger partial charge in [-0.25, -0.2) is 13.1 Å². The Kier molecular flexibility index (Phi) is 3.68. The third-order valence-electron chi connectivity index (χ3n) is 4.39. The fourth-order valence-corrected chi connectivity index (χ4v) is 4.73. The quantitative estimate of drug-likeness (QED) is 0.877. The molecular formula is C18H17NO4S. The second kappa shape index (κ2) is 5.73. The maximum absolute atomic E-state index is 12.4. The lowest BCUT2D eigenvalue weighted by Gasteiger charge is -2.32. The van der Waals surface area contributed by atoms with E-state index in [-0.39, 0.29) is 4.90 Å². The van der Waals surface area contributed by atoms with Gasteiger partial charge in [-0.05, 0) is 30.2 Å². The third kappa shape index (κ3) is 2.62. The first kappa shape index (κ1) is 15.4. The van der Waals surface area contributed by atoms with Crippen molar-refractivity contribution in [1.29, 1.82) is 0 Å². The van der Waals surface area contributed by atoms with Gasteiger partial charge in [-0.1, -0.05) is 36.4 Å². The highest BCUT2D eigenvalue weighted by molar-refractivity contribution is 7.89. The molecule has 0 fully saturated rings. The first-order valence-corrected chi connectivity index (χ1v) is 9.23. The molecule has 0 aromatic heterocycles. The first-order chi connectivity index (χ1) is 11.5. The molecule has 0 bridgehead atoms. The van der Waals surface area contributed by atoms with Crippen LogP contribution in [-0.2, 0) is 10.0 Å². The van der Waals surface area contributed by atoms with E-state index in [2.05, 4.69) is 4.72 Å². The Balaban J connectivity index is 1.64. The number of aliphatic hydroxyl groups excluding tert-OH is 1. The van der Waals surface area contributed by atoms with Crippen molar-refractivity contribution in [2.45, 2.75) is 23.5 Å². The summed E-state index contributed by atoms with van der Waals surface area (Å²) in [6.07, 6.45) is 1.51. The van der Waals surface area contributed by atoms with Crippen LogP contribution >= 0.6 is 0 Å². The summed E-state index contributed by atoms with van der Waals surface area (Å²) in [5, 5.41) is 10.6. The molecule has 2 unspecified atom stereocenters. The molecule has 2 aliphatic heterocycles. The molecule has 124 valence electrons. The van der Waals surface area contributed by atoms with Crippen LogP contribution in [0.5, 0.6) is 5.75 Å². The Bertz CT molecular complexity index is 920. The molecule has 0 aliphatic carbocycles. The van der Waals surface area contributed by atoms with Crippen LogP contribution in [0.25, 0.3) is 6.08 Å². The topological polar surface area (TPSA) is 75.6 Å². The third-order valence-corrected chi connectivity index (χ3v) is 5.95. The van der Waals surface area contributed by atoms with Crippen LogP contribution in [0.15, 0.2) is 59.0 Å². The van der Waals surface area contributed by atoms with Crippen molar-refractivity contribution in [3.05, 3.63) is 65.2 Å². The summed E-state index contributed by atoms with van der Waals surface area (Å²) in [5.74, 6) is 0.816. The number of hydrogen-bond donors (Lipinski definition) is 2. The van der Waals surface area contributed by atoms with Crippen molar-refractivity contribution < 1.29 is 18.3 Å². The number of aliphatic hydroxyl groups is 1. The normalized spacial score (nSPS) is 24.3. The lowest BCUT2D eigenvalue weighted by atomic mass is 9.95. The van der Waals surface area contributed by atoms with E-state index >= 15 is 0 Å². The number of benzene rings is 2. The van der Waals surface area contributed by atoms with E-state index in [9.17, 15) is 13.5 Å². The fourth-order valence-electron chi connectivity index (χ4n) is 3.23. The molecule has 2 N–H and O–H groups in total. The predicted molar refractivity (Wildman–Crippen MR) is 90.0 cm³/mol. The van der Waals surface area contributed by atoms with Gasteiger partial charge in [0.05, 0.1) is 17.0 Å². The molecule has 0 spiro atoms. The average molecular weight is 343 g/mol. The summed E-state index contributed by atoms with van der Waals surface area (Å²) in [6.45, 7) is 0.392. The Morgan fingerprint density at radius 3 is 2.75 bits per heavy atom. The molecule has 2 aliphatic rings. The van der Waals surface area contributed by atoms with Crippen LogP contribution in [0.1, 0.15) is 23.7 Å². The Morgan fingerprint density at radius 1 is 1.12 bits per heavy atom. The van der Waals surface area contributed by atoms with Crippen LogP contribution < -0.4 is 9.46 Å². The van der Waals surface area contributed by atoms with Crippen molar-refractivity contribution in [2.75, 3.05) is 6.61 Å². The van der Waals surface area contributed by atoms with Gasteiger partial charge in [-0.3, -0.25) is 0 Å². The largest absolute Gasteiger partial charge is 0.489 e. The minimum absolute atomic E-state index is 0.146. The first-order valence-electron chi connectivity index (χ1n) is 7.75. The lowest BCUT2D eigenvalue weighted by Crippen LogP contribution is -2.44. The van der Waals surface area contributed by atoms with E-state index in [4.69, 9.17) is 4.74 Å². The summed E-state index contributed by atoms with van der Waals surface area (Å²) in [6, 6.07) is 13.6. The monoisotopic (exact) mass is 343 g/mol. The number of rotatable bonds is 2. The smallest absolute Gasteiger partial charge is 0.241 e. The van der Waals surface area contributed by atoms with Crippen molar-refractivity contribution in [2.24, 2.45) is 0 Å². The van der Waals surface area contributed by atoms with E-state index in [0.29, 0.717) is 18.6 Å². The summed E-state index contributed by atoms with van der Waals surface area (Å²) >= 11 is 0. The molecule has 2 atom stereocenters. The highest BCUT2D eigenvalue weighted by Gasteiger charge is 2.36. The van der Waals surface area contributed by atoms with Crippen molar-refractivity contribution >= 4 is 16.1 Å². The van der Waals surface area contributed by atoms with Crippen LogP contribution in [0.4, 0.5) is 0 Å². The molecule has 4 rings (SSSR count). The zero-order valence-corrected chi connectivity index (χ0v) is 13.7. The van der Waals surface area contributed by atoms with Crippen molar-refractivity contribution in [3.63, 3.8) is 0 Å². The number of para-hydroxylation sites is 1. The molecule has 2 aromatic rings. The minimum atomic E-state index is -3.61. The number of sulfonamides is 1. The van der Waals surface area contributed by atoms with E-state index in [1.54, 1.807) is 18.2 Å². The second-order valence-electron chi connectivity index (χ2n) is 6.04. The molecule has 0 amide bonds. The van der Waals surface area contributed by atoms with Crippen LogP contribution in [0, 0.1) is 0 Å². The molecule has 2 heterocycles. The second-order valence-corrected chi connectivity index (χ2v) is 7.73. The highest BCUT2D eigenvalue weighted by atomic mass is 32.2. The van der Waals surface area contributed by atoms with Gasteiger partial charge in [0.1, 0.15) is 12.4 Å². The fraction of sp³-hybridized carbons (Fsp3) is 0.222. The van der Waals surface area contributed by atoms with E-state index in [0.717, 1.165) is 16.9 Å². The van der Waals surface area contributed by atoms with E-state index < -0.39 is 22.2 Å².